The monoisotopic (exact) mass is 316 g/mol. The van der Waals surface area contributed by atoms with Crippen molar-refractivity contribution in [3.05, 3.63) is 51.7 Å². The molecule has 116 valence electrons. The Hall–Kier alpha value is -2.14. The third kappa shape index (κ3) is 4.70. The largest absolute Gasteiger partial charge is 0.484 e. The van der Waals surface area contributed by atoms with Crippen LogP contribution in [0.1, 0.15) is 35.8 Å². The number of nitrogens with zero attached hydrogens (tertiary/aromatic N) is 1. The van der Waals surface area contributed by atoms with E-state index >= 15 is 0 Å². The van der Waals surface area contributed by atoms with Crippen LogP contribution in [0.3, 0.4) is 0 Å². The summed E-state index contributed by atoms with van der Waals surface area (Å²) >= 11 is 1.58. The molecule has 1 aromatic carbocycles. The second-order valence-electron chi connectivity index (χ2n) is 5.27. The molecule has 0 spiro atoms. The number of carbonyl (C=O) groups excluding carboxylic acids is 1. The van der Waals surface area contributed by atoms with Crippen molar-refractivity contribution in [2.45, 2.75) is 26.7 Å². The summed E-state index contributed by atoms with van der Waals surface area (Å²) in [5.74, 6) is 0.878. The van der Waals surface area contributed by atoms with Gasteiger partial charge in [0.2, 0.25) is 0 Å². The molecule has 0 aliphatic heterocycles. The highest BCUT2D eigenvalue weighted by Gasteiger charge is 2.03. The second kappa shape index (κ2) is 7.75. The standard InChI is InChI=1S/C17H20N2O2S/c1-12(2)14-4-6-15(7-5-14)21-11-17(20)19-18-10-16-13(3)8-9-22-16/h4-10,12H,11H2,1-3H3,(H,19,20)/b18-10-. The van der Waals surface area contributed by atoms with Gasteiger partial charge in [0.1, 0.15) is 5.75 Å². The molecule has 4 nitrogen and oxygen atoms in total. The minimum atomic E-state index is -0.279. The van der Waals surface area contributed by atoms with Crippen LogP contribution in [0, 0.1) is 6.92 Å². The van der Waals surface area contributed by atoms with Crippen molar-refractivity contribution in [1.82, 2.24) is 5.43 Å². The van der Waals surface area contributed by atoms with Gasteiger partial charge in [0.25, 0.3) is 5.91 Å². The molecule has 1 amide bonds. The first-order chi connectivity index (χ1) is 10.6. The number of carbonyl (C=O) groups is 1. The highest BCUT2D eigenvalue weighted by atomic mass is 32.1. The van der Waals surface area contributed by atoms with Crippen LogP contribution in [0.4, 0.5) is 0 Å². The topological polar surface area (TPSA) is 50.7 Å². The molecule has 2 aromatic rings. The Labute approximate surface area is 134 Å². The van der Waals surface area contributed by atoms with Crippen molar-refractivity contribution in [2.75, 3.05) is 6.61 Å². The molecule has 0 aliphatic carbocycles. The predicted molar refractivity (Wildman–Crippen MR) is 90.8 cm³/mol. The molecular formula is C17H20N2O2S. The Morgan fingerprint density at radius 3 is 2.64 bits per heavy atom. The van der Waals surface area contributed by atoms with Gasteiger partial charge in [-0.25, -0.2) is 5.43 Å². The normalized spacial score (nSPS) is 11.1. The van der Waals surface area contributed by atoms with Gasteiger partial charge in [-0.1, -0.05) is 26.0 Å². The summed E-state index contributed by atoms with van der Waals surface area (Å²) in [6.45, 7) is 6.22. The minimum Gasteiger partial charge on any atom is -0.484 e. The number of thiophene rings is 1. The van der Waals surface area contributed by atoms with E-state index in [2.05, 4.69) is 24.4 Å². The van der Waals surface area contributed by atoms with Crippen LogP contribution in [0.25, 0.3) is 0 Å². The Kier molecular flexibility index (Phi) is 5.72. The van der Waals surface area contributed by atoms with Crippen molar-refractivity contribution in [1.29, 1.82) is 0 Å². The minimum absolute atomic E-state index is 0.0538. The quantitative estimate of drug-likeness (QED) is 0.652. The average molecular weight is 316 g/mol. The summed E-state index contributed by atoms with van der Waals surface area (Å²) in [6.07, 6.45) is 1.65. The van der Waals surface area contributed by atoms with Crippen molar-refractivity contribution < 1.29 is 9.53 Å². The highest BCUT2D eigenvalue weighted by Crippen LogP contribution is 2.18. The molecule has 2 rings (SSSR count). The van der Waals surface area contributed by atoms with E-state index in [0.717, 1.165) is 10.4 Å². The molecule has 1 heterocycles. The number of nitrogens with one attached hydrogen (secondary N) is 1. The van der Waals surface area contributed by atoms with Gasteiger partial charge in [-0.05, 0) is 47.5 Å². The molecule has 0 unspecified atom stereocenters. The first kappa shape index (κ1) is 16.2. The average Bonchev–Trinajstić information content (AvgIpc) is 2.91. The van der Waals surface area contributed by atoms with Gasteiger partial charge >= 0.3 is 0 Å². The molecular weight excluding hydrogens is 296 g/mol. The number of benzene rings is 1. The first-order valence-corrected chi connectivity index (χ1v) is 8.03. The smallest absolute Gasteiger partial charge is 0.277 e. The fourth-order valence-corrected chi connectivity index (χ4v) is 2.60. The van der Waals surface area contributed by atoms with E-state index in [9.17, 15) is 4.79 Å². The van der Waals surface area contributed by atoms with E-state index in [1.54, 1.807) is 17.6 Å². The Balaban J connectivity index is 1.78. The Bertz CT molecular complexity index is 645. The molecule has 0 radical (unpaired) electrons. The van der Waals surface area contributed by atoms with Crippen LogP contribution in [-0.2, 0) is 4.79 Å². The highest BCUT2D eigenvalue weighted by molar-refractivity contribution is 7.11. The number of hydrogen-bond acceptors (Lipinski definition) is 4. The molecule has 1 aromatic heterocycles. The number of hydrogen-bond donors (Lipinski definition) is 1. The molecule has 5 heteroatoms. The van der Waals surface area contributed by atoms with Gasteiger partial charge in [0, 0.05) is 4.88 Å². The van der Waals surface area contributed by atoms with E-state index in [4.69, 9.17) is 4.74 Å². The maximum absolute atomic E-state index is 11.7. The lowest BCUT2D eigenvalue weighted by atomic mass is 10.0. The number of amides is 1. The lowest BCUT2D eigenvalue weighted by Crippen LogP contribution is -2.24. The third-order valence-corrected chi connectivity index (χ3v) is 4.14. The molecule has 0 atom stereocenters. The SMILES string of the molecule is Cc1ccsc1/C=N\NC(=O)COc1ccc(C(C)C)cc1. The van der Waals surface area contributed by atoms with E-state index < -0.39 is 0 Å². The molecule has 0 aliphatic rings. The van der Waals surface area contributed by atoms with Gasteiger partial charge in [0.05, 0.1) is 6.21 Å². The van der Waals surface area contributed by atoms with E-state index in [-0.39, 0.29) is 12.5 Å². The predicted octanol–water partition coefficient (Wildman–Crippen LogP) is 3.71. The maximum atomic E-state index is 11.7. The van der Waals surface area contributed by atoms with Crippen molar-refractivity contribution in [3.8, 4) is 5.75 Å². The van der Waals surface area contributed by atoms with Crippen LogP contribution in [0.2, 0.25) is 0 Å². The van der Waals surface area contributed by atoms with Crippen LogP contribution in [0.5, 0.6) is 5.75 Å². The zero-order valence-electron chi connectivity index (χ0n) is 13.0. The lowest BCUT2D eigenvalue weighted by molar-refractivity contribution is -0.123. The maximum Gasteiger partial charge on any atom is 0.277 e. The van der Waals surface area contributed by atoms with Gasteiger partial charge < -0.3 is 4.74 Å². The van der Waals surface area contributed by atoms with Crippen LogP contribution < -0.4 is 10.2 Å². The summed E-state index contributed by atoms with van der Waals surface area (Å²) in [4.78, 5) is 12.7. The fraction of sp³-hybridized carbons (Fsp3) is 0.294. The summed E-state index contributed by atoms with van der Waals surface area (Å²) < 4.78 is 5.43. The number of hydrazone groups is 1. The molecule has 22 heavy (non-hydrogen) atoms. The van der Waals surface area contributed by atoms with Crippen LogP contribution >= 0.6 is 11.3 Å². The zero-order chi connectivity index (χ0) is 15.9. The van der Waals surface area contributed by atoms with Crippen LogP contribution in [-0.4, -0.2) is 18.7 Å². The number of ether oxygens (including phenoxy) is 1. The van der Waals surface area contributed by atoms with Crippen LogP contribution in [0.15, 0.2) is 40.8 Å². The van der Waals surface area contributed by atoms with Gasteiger partial charge in [0.15, 0.2) is 6.61 Å². The van der Waals surface area contributed by atoms with E-state index in [0.29, 0.717) is 11.7 Å². The molecule has 0 saturated carbocycles. The summed E-state index contributed by atoms with van der Waals surface area (Å²) in [5.41, 5.74) is 4.85. The van der Waals surface area contributed by atoms with Crippen molar-refractivity contribution >= 4 is 23.5 Å². The Morgan fingerprint density at radius 1 is 1.32 bits per heavy atom. The van der Waals surface area contributed by atoms with Crippen molar-refractivity contribution in [3.63, 3.8) is 0 Å². The molecule has 0 bridgehead atoms. The molecule has 0 fully saturated rings. The van der Waals surface area contributed by atoms with Crippen molar-refractivity contribution in [2.24, 2.45) is 5.10 Å². The first-order valence-electron chi connectivity index (χ1n) is 7.15. The summed E-state index contributed by atoms with van der Waals surface area (Å²) in [7, 11) is 0. The molecule has 1 N–H and O–H groups in total. The number of rotatable bonds is 6. The van der Waals surface area contributed by atoms with Gasteiger partial charge in [-0.15, -0.1) is 11.3 Å². The van der Waals surface area contributed by atoms with Gasteiger partial charge in [-0.3, -0.25) is 4.79 Å². The van der Waals surface area contributed by atoms with E-state index in [1.165, 1.54) is 5.56 Å². The fourth-order valence-electron chi connectivity index (χ4n) is 1.81. The number of aryl methyl sites for hydroxylation is 1. The molecule has 0 saturated heterocycles. The third-order valence-electron chi connectivity index (χ3n) is 3.19. The Morgan fingerprint density at radius 2 is 2.05 bits per heavy atom. The summed E-state index contributed by atoms with van der Waals surface area (Å²) in [6, 6.07) is 9.78. The van der Waals surface area contributed by atoms with E-state index in [1.807, 2.05) is 42.6 Å². The summed E-state index contributed by atoms with van der Waals surface area (Å²) in [5, 5.41) is 5.92. The second-order valence-corrected chi connectivity index (χ2v) is 6.22. The lowest BCUT2D eigenvalue weighted by Gasteiger charge is -2.08. The van der Waals surface area contributed by atoms with Gasteiger partial charge in [-0.2, -0.15) is 5.10 Å². The zero-order valence-corrected chi connectivity index (χ0v) is 13.8.